The van der Waals surface area contributed by atoms with Crippen molar-refractivity contribution in [3.8, 4) is 5.82 Å². The molecule has 0 fully saturated rings. The molecule has 0 spiro atoms. The molecule has 5 heteroatoms. The minimum absolute atomic E-state index is 0.287. The number of carbonyl (C=O) groups excluding carboxylic acids is 1. The lowest BCUT2D eigenvalue weighted by molar-refractivity contribution is 0.0593. The first-order valence-electron chi connectivity index (χ1n) is 6.20. The summed E-state index contributed by atoms with van der Waals surface area (Å²) in [4.78, 5) is 15.6. The van der Waals surface area contributed by atoms with E-state index < -0.39 is 5.97 Å². The van der Waals surface area contributed by atoms with Gasteiger partial charge in [0.2, 0.25) is 0 Å². The minimum Gasteiger partial charge on any atom is -0.464 e. The number of ether oxygens (including phenoxy) is 1. The maximum Gasteiger partial charge on any atom is 0.358 e. The van der Waals surface area contributed by atoms with E-state index in [1.54, 1.807) is 16.9 Å². The molecule has 0 aliphatic rings. The number of methoxy groups -OCH3 is 1. The number of aromatic nitrogens is 3. The first-order chi connectivity index (χ1) is 9.13. The molecule has 0 aliphatic heterocycles. The van der Waals surface area contributed by atoms with Crippen molar-refractivity contribution in [1.82, 2.24) is 14.8 Å². The van der Waals surface area contributed by atoms with Gasteiger partial charge in [0.05, 0.1) is 7.11 Å². The van der Waals surface area contributed by atoms with Gasteiger partial charge in [0, 0.05) is 11.9 Å². The third-order valence-corrected chi connectivity index (χ3v) is 2.46. The van der Waals surface area contributed by atoms with E-state index in [4.69, 9.17) is 0 Å². The molecule has 2 aromatic rings. The number of carbonyl (C=O) groups is 1. The van der Waals surface area contributed by atoms with Gasteiger partial charge in [0.1, 0.15) is 0 Å². The van der Waals surface area contributed by atoms with Crippen LogP contribution in [0.4, 0.5) is 0 Å². The molecule has 0 N–H and O–H groups in total. The third kappa shape index (κ3) is 3.19. The Bertz CT molecular complexity index is 562. The molecular weight excluding hydrogens is 242 g/mol. The molecular formula is C14H19N3O2. The van der Waals surface area contributed by atoms with Crippen molar-refractivity contribution in [3.05, 3.63) is 41.3 Å². The van der Waals surface area contributed by atoms with E-state index in [9.17, 15) is 4.79 Å². The molecule has 0 atom stereocenters. The van der Waals surface area contributed by atoms with Gasteiger partial charge in [-0.05, 0) is 31.5 Å². The average Bonchev–Trinajstić information content (AvgIpc) is 2.83. The predicted molar refractivity (Wildman–Crippen MR) is 73.5 cm³/mol. The summed E-state index contributed by atoms with van der Waals surface area (Å²) < 4.78 is 6.28. The van der Waals surface area contributed by atoms with Crippen molar-refractivity contribution in [3.63, 3.8) is 0 Å². The highest BCUT2D eigenvalue weighted by atomic mass is 16.5. The van der Waals surface area contributed by atoms with E-state index in [0.717, 1.165) is 17.1 Å². The lowest BCUT2D eigenvalue weighted by Gasteiger charge is -2.05. The van der Waals surface area contributed by atoms with Crippen molar-refractivity contribution < 1.29 is 9.53 Å². The molecule has 19 heavy (non-hydrogen) atoms. The maximum absolute atomic E-state index is 11.4. The van der Waals surface area contributed by atoms with Crippen LogP contribution in [-0.4, -0.2) is 27.8 Å². The van der Waals surface area contributed by atoms with Gasteiger partial charge in [0.25, 0.3) is 0 Å². The van der Waals surface area contributed by atoms with Crippen molar-refractivity contribution >= 4 is 5.97 Å². The second-order valence-corrected chi connectivity index (χ2v) is 3.72. The molecule has 2 aromatic heterocycles. The number of hydrogen-bond acceptors (Lipinski definition) is 4. The smallest absolute Gasteiger partial charge is 0.358 e. The molecule has 2 heterocycles. The zero-order valence-electron chi connectivity index (χ0n) is 12.0. The van der Waals surface area contributed by atoms with Gasteiger partial charge in [-0.2, -0.15) is 5.10 Å². The minimum atomic E-state index is -0.444. The standard InChI is InChI=1S/C12H13N3O2.C2H6/c1-8-5-4-6-13-11(8)15-9(2)7-10(14-15)12(16)17-3;1-2/h4-7H,1-3H3;1-2H3. The van der Waals surface area contributed by atoms with Gasteiger partial charge in [-0.25, -0.2) is 14.5 Å². The second kappa shape index (κ2) is 6.68. The van der Waals surface area contributed by atoms with Crippen LogP contribution in [0, 0.1) is 13.8 Å². The summed E-state index contributed by atoms with van der Waals surface area (Å²) in [6, 6.07) is 5.49. The fraction of sp³-hybridized carbons (Fsp3) is 0.357. The largest absolute Gasteiger partial charge is 0.464 e. The zero-order chi connectivity index (χ0) is 14.4. The molecule has 5 nitrogen and oxygen atoms in total. The number of aryl methyl sites for hydroxylation is 2. The highest BCUT2D eigenvalue weighted by Crippen LogP contribution is 2.13. The van der Waals surface area contributed by atoms with Gasteiger partial charge in [-0.3, -0.25) is 0 Å². The van der Waals surface area contributed by atoms with Crippen LogP contribution in [0.2, 0.25) is 0 Å². The molecule has 2 rings (SSSR count). The quantitative estimate of drug-likeness (QED) is 0.780. The van der Waals surface area contributed by atoms with Crippen LogP contribution in [-0.2, 0) is 4.74 Å². The van der Waals surface area contributed by atoms with Gasteiger partial charge in [-0.15, -0.1) is 0 Å². The van der Waals surface area contributed by atoms with E-state index >= 15 is 0 Å². The molecule has 102 valence electrons. The van der Waals surface area contributed by atoms with E-state index in [-0.39, 0.29) is 5.69 Å². The Hall–Kier alpha value is -2.17. The number of pyridine rings is 1. The number of nitrogens with zero attached hydrogens (tertiary/aromatic N) is 3. The van der Waals surface area contributed by atoms with Crippen molar-refractivity contribution in [1.29, 1.82) is 0 Å². The van der Waals surface area contributed by atoms with Crippen molar-refractivity contribution in [2.75, 3.05) is 7.11 Å². The Balaban J connectivity index is 0.000000861. The highest BCUT2D eigenvalue weighted by molar-refractivity contribution is 5.87. The summed E-state index contributed by atoms with van der Waals surface area (Å²) in [7, 11) is 1.34. The summed E-state index contributed by atoms with van der Waals surface area (Å²) in [5, 5.41) is 4.19. The number of esters is 1. The number of rotatable bonds is 2. The van der Waals surface area contributed by atoms with Crippen molar-refractivity contribution in [2.24, 2.45) is 0 Å². The van der Waals surface area contributed by atoms with Gasteiger partial charge < -0.3 is 4.74 Å². The van der Waals surface area contributed by atoms with Crippen LogP contribution in [0.5, 0.6) is 0 Å². The van der Waals surface area contributed by atoms with Crippen LogP contribution in [0.3, 0.4) is 0 Å². The molecule has 0 unspecified atom stereocenters. The average molecular weight is 261 g/mol. The predicted octanol–water partition coefficient (Wildman–Crippen LogP) is 2.70. The first kappa shape index (κ1) is 14.9. The lowest BCUT2D eigenvalue weighted by Crippen LogP contribution is -2.06. The van der Waals surface area contributed by atoms with E-state index in [1.165, 1.54) is 7.11 Å². The van der Waals surface area contributed by atoms with Gasteiger partial charge >= 0.3 is 5.97 Å². The molecule has 0 radical (unpaired) electrons. The summed E-state index contributed by atoms with van der Waals surface area (Å²) in [5.41, 5.74) is 2.12. The fourth-order valence-corrected chi connectivity index (χ4v) is 1.59. The zero-order valence-corrected chi connectivity index (χ0v) is 12.0. The topological polar surface area (TPSA) is 57.0 Å². The van der Waals surface area contributed by atoms with Crippen molar-refractivity contribution in [2.45, 2.75) is 27.7 Å². The summed E-state index contributed by atoms with van der Waals surface area (Å²) in [5.74, 6) is 0.278. The second-order valence-electron chi connectivity index (χ2n) is 3.72. The maximum atomic E-state index is 11.4. The molecule has 0 saturated heterocycles. The van der Waals surface area contributed by atoms with E-state index in [0.29, 0.717) is 0 Å². The fourth-order valence-electron chi connectivity index (χ4n) is 1.59. The first-order valence-corrected chi connectivity index (χ1v) is 6.20. The van der Waals surface area contributed by atoms with Crippen LogP contribution in [0.15, 0.2) is 24.4 Å². The Kier molecular flexibility index (Phi) is 5.23. The Labute approximate surface area is 113 Å². The van der Waals surface area contributed by atoms with Crippen LogP contribution in [0.25, 0.3) is 5.82 Å². The molecule has 0 saturated carbocycles. The van der Waals surface area contributed by atoms with Crippen LogP contribution >= 0.6 is 0 Å². The Morgan fingerprint density at radius 2 is 2.00 bits per heavy atom. The third-order valence-electron chi connectivity index (χ3n) is 2.46. The molecule has 0 bridgehead atoms. The number of hydrogen-bond donors (Lipinski definition) is 0. The summed E-state index contributed by atoms with van der Waals surface area (Å²) >= 11 is 0. The van der Waals surface area contributed by atoms with Gasteiger partial charge in [-0.1, -0.05) is 19.9 Å². The molecule has 0 amide bonds. The lowest BCUT2D eigenvalue weighted by atomic mass is 10.3. The SMILES string of the molecule is CC.COC(=O)c1cc(C)n(-c2ncccc2C)n1. The van der Waals surface area contributed by atoms with E-state index in [2.05, 4.69) is 14.8 Å². The normalized spacial score (nSPS) is 9.53. The van der Waals surface area contributed by atoms with E-state index in [1.807, 2.05) is 39.8 Å². The van der Waals surface area contributed by atoms with Crippen LogP contribution in [0.1, 0.15) is 35.6 Å². The summed E-state index contributed by atoms with van der Waals surface area (Å²) in [6.07, 6.45) is 1.70. The summed E-state index contributed by atoms with van der Waals surface area (Å²) in [6.45, 7) is 7.81. The Morgan fingerprint density at radius 1 is 1.32 bits per heavy atom. The molecule has 0 aliphatic carbocycles. The highest BCUT2D eigenvalue weighted by Gasteiger charge is 2.14. The van der Waals surface area contributed by atoms with Gasteiger partial charge in [0.15, 0.2) is 11.5 Å². The van der Waals surface area contributed by atoms with Crippen LogP contribution < -0.4 is 0 Å². The Morgan fingerprint density at radius 3 is 2.58 bits per heavy atom. The monoisotopic (exact) mass is 261 g/mol. The molecule has 0 aromatic carbocycles.